The molecule has 3 N–H and O–H groups in total. The number of hydrogen-bond donors (Lipinski definition) is 2. The van der Waals surface area contributed by atoms with Gasteiger partial charge in [-0.25, -0.2) is 0 Å². The van der Waals surface area contributed by atoms with Crippen LogP contribution in [-0.4, -0.2) is 57.4 Å². The van der Waals surface area contributed by atoms with Crippen molar-refractivity contribution in [2.45, 2.75) is 26.2 Å². The molecule has 25 heavy (non-hydrogen) atoms. The van der Waals surface area contributed by atoms with Crippen LogP contribution in [0.5, 0.6) is 5.75 Å². The normalized spacial score (nSPS) is 17.4. The summed E-state index contributed by atoms with van der Waals surface area (Å²) >= 11 is 0. The van der Waals surface area contributed by atoms with Gasteiger partial charge in [0.25, 0.3) is 0 Å². The minimum atomic E-state index is 0.536. The molecule has 0 aliphatic carbocycles. The first-order chi connectivity index (χ1) is 12.2. The van der Waals surface area contributed by atoms with Gasteiger partial charge in [0.15, 0.2) is 5.96 Å². The maximum atomic E-state index is 8.70. The van der Waals surface area contributed by atoms with E-state index in [9.17, 15) is 0 Å². The number of rotatable bonds is 8. The van der Waals surface area contributed by atoms with Gasteiger partial charge in [-0.05, 0) is 56.0 Å². The van der Waals surface area contributed by atoms with Crippen LogP contribution in [0.4, 0.5) is 5.69 Å². The Kier molecular flexibility index (Phi) is 8.01. The number of guanidine groups is 1. The number of benzene rings is 1. The summed E-state index contributed by atoms with van der Waals surface area (Å²) in [6.07, 6.45) is 3.26. The van der Waals surface area contributed by atoms with Gasteiger partial charge in [-0.1, -0.05) is 6.92 Å². The van der Waals surface area contributed by atoms with Crippen molar-refractivity contribution in [3.8, 4) is 5.75 Å². The van der Waals surface area contributed by atoms with Gasteiger partial charge >= 0.3 is 0 Å². The Morgan fingerprint density at radius 2 is 2.08 bits per heavy atom. The van der Waals surface area contributed by atoms with E-state index in [1.165, 1.54) is 6.42 Å². The minimum absolute atomic E-state index is 0.536. The second-order valence-corrected chi connectivity index (χ2v) is 6.65. The molecule has 1 heterocycles. The Hall–Kier alpha value is -1.79. The van der Waals surface area contributed by atoms with Crippen LogP contribution in [0.15, 0.2) is 24.3 Å². The molecule has 1 atom stereocenters. The van der Waals surface area contributed by atoms with Crippen LogP contribution in [0.2, 0.25) is 0 Å². The van der Waals surface area contributed by atoms with Gasteiger partial charge in [0, 0.05) is 32.4 Å². The van der Waals surface area contributed by atoms with Crippen LogP contribution in [0.25, 0.3) is 0 Å². The van der Waals surface area contributed by atoms with Crippen molar-refractivity contribution in [2.75, 3.05) is 51.4 Å². The maximum absolute atomic E-state index is 8.70. The van der Waals surface area contributed by atoms with Crippen molar-refractivity contribution in [3.05, 3.63) is 24.3 Å². The Balaban J connectivity index is 2.06. The molecule has 2 rings (SSSR count). The van der Waals surface area contributed by atoms with Crippen molar-refractivity contribution in [1.82, 2.24) is 4.90 Å². The highest BCUT2D eigenvalue weighted by molar-refractivity contribution is 5.93. The van der Waals surface area contributed by atoms with E-state index in [4.69, 9.17) is 20.6 Å². The molecular weight excluding hydrogens is 316 g/mol. The third-order valence-corrected chi connectivity index (χ3v) is 4.50. The minimum Gasteiger partial charge on any atom is -0.491 e. The number of likely N-dealkylation sites (tertiary alicyclic amines) is 1. The fourth-order valence-corrected chi connectivity index (χ4v) is 3.12. The molecule has 6 heteroatoms. The lowest BCUT2D eigenvalue weighted by atomic mass is 10.0. The molecule has 0 saturated carbocycles. The van der Waals surface area contributed by atoms with Gasteiger partial charge < -0.3 is 25.0 Å². The van der Waals surface area contributed by atoms with Crippen LogP contribution < -0.4 is 15.4 Å². The molecule has 1 aromatic rings. The zero-order valence-electron chi connectivity index (χ0n) is 15.5. The molecule has 1 aromatic carbocycles. The van der Waals surface area contributed by atoms with E-state index in [1.54, 1.807) is 7.11 Å². The van der Waals surface area contributed by atoms with Crippen LogP contribution in [0.3, 0.4) is 0 Å². The topological polar surface area (TPSA) is 74.8 Å². The van der Waals surface area contributed by atoms with Crippen molar-refractivity contribution in [3.63, 3.8) is 0 Å². The molecule has 0 aromatic heterocycles. The number of methoxy groups -OCH3 is 1. The molecule has 0 spiro atoms. The highest BCUT2D eigenvalue weighted by atomic mass is 16.5. The maximum Gasteiger partial charge on any atom is 0.198 e. The lowest BCUT2D eigenvalue weighted by Gasteiger charge is -2.38. The summed E-state index contributed by atoms with van der Waals surface area (Å²) in [5, 5.41) is 8.70. The molecular formula is C19H32N4O2. The van der Waals surface area contributed by atoms with Crippen LogP contribution in [-0.2, 0) is 4.74 Å². The number of nitrogens with two attached hydrogens (primary N) is 1. The molecule has 1 unspecified atom stereocenters. The number of nitrogens with zero attached hydrogens (tertiary/aromatic N) is 2. The van der Waals surface area contributed by atoms with E-state index < -0.39 is 0 Å². The molecule has 1 saturated heterocycles. The summed E-state index contributed by atoms with van der Waals surface area (Å²) in [6.45, 7) is 6.66. The fourth-order valence-electron chi connectivity index (χ4n) is 3.12. The lowest BCUT2D eigenvalue weighted by Crippen LogP contribution is -2.48. The molecule has 0 radical (unpaired) electrons. The van der Waals surface area contributed by atoms with Crippen molar-refractivity contribution >= 4 is 11.6 Å². The van der Waals surface area contributed by atoms with Crippen molar-refractivity contribution in [1.29, 1.82) is 5.41 Å². The lowest BCUT2D eigenvalue weighted by molar-refractivity contribution is 0.146. The van der Waals surface area contributed by atoms with Gasteiger partial charge in [-0.3, -0.25) is 5.41 Å². The van der Waals surface area contributed by atoms with E-state index in [1.807, 2.05) is 24.3 Å². The SMILES string of the molecule is COCCOc1ccc(N(CCCN)C(=N)N2CCCC(C)C2)cc1. The Morgan fingerprint density at radius 1 is 1.32 bits per heavy atom. The van der Waals surface area contributed by atoms with Gasteiger partial charge in [0.05, 0.1) is 6.61 Å². The van der Waals surface area contributed by atoms with Gasteiger partial charge in [-0.2, -0.15) is 0 Å². The Bertz CT molecular complexity index is 521. The standard InChI is InChI=1S/C19H32N4O2/c1-16-5-3-11-22(15-16)19(21)23(12-4-10-20)17-6-8-18(9-7-17)25-14-13-24-2/h6-9,16,21H,3-5,10-15,20H2,1-2H3. The summed E-state index contributed by atoms with van der Waals surface area (Å²) in [6, 6.07) is 7.93. The molecule has 1 aliphatic rings. The second-order valence-electron chi connectivity index (χ2n) is 6.65. The van der Waals surface area contributed by atoms with Crippen LogP contribution in [0, 0.1) is 11.3 Å². The van der Waals surface area contributed by atoms with Crippen molar-refractivity contribution < 1.29 is 9.47 Å². The summed E-state index contributed by atoms with van der Waals surface area (Å²) in [4.78, 5) is 4.25. The van der Waals surface area contributed by atoms with Crippen LogP contribution >= 0.6 is 0 Å². The molecule has 0 amide bonds. The molecule has 140 valence electrons. The number of hydrogen-bond acceptors (Lipinski definition) is 4. The Morgan fingerprint density at radius 3 is 2.72 bits per heavy atom. The second kappa shape index (κ2) is 10.3. The van der Waals surface area contributed by atoms with E-state index >= 15 is 0 Å². The van der Waals surface area contributed by atoms with Crippen molar-refractivity contribution in [2.24, 2.45) is 11.7 Å². The zero-order valence-corrected chi connectivity index (χ0v) is 15.5. The monoisotopic (exact) mass is 348 g/mol. The summed E-state index contributed by atoms with van der Waals surface area (Å²) in [7, 11) is 1.66. The van der Waals surface area contributed by atoms with Gasteiger partial charge in [-0.15, -0.1) is 0 Å². The van der Waals surface area contributed by atoms with E-state index in [2.05, 4.69) is 16.7 Å². The largest absolute Gasteiger partial charge is 0.491 e. The molecule has 6 nitrogen and oxygen atoms in total. The van der Waals surface area contributed by atoms with E-state index in [0.717, 1.165) is 43.9 Å². The summed E-state index contributed by atoms with van der Waals surface area (Å²) in [5.41, 5.74) is 6.72. The fraction of sp³-hybridized carbons (Fsp3) is 0.632. The highest BCUT2D eigenvalue weighted by Gasteiger charge is 2.23. The smallest absolute Gasteiger partial charge is 0.198 e. The summed E-state index contributed by atoms with van der Waals surface area (Å²) < 4.78 is 10.6. The number of anilines is 1. The zero-order chi connectivity index (χ0) is 18.1. The molecule has 1 fully saturated rings. The van der Waals surface area contributed by atoms with Crippen LogP contribution in [0.1, 0.15) is 26.2 Å². The first kappa shape index (κ1) is 19.5. The van der Waals surface area contributed by atoms with E-state index in [0.29, 0.717) is 31.6 Å². The first-order valence-electron chi connectivity index (χ1n) is 9.18. The van der Waals surface area contributed by atoms with Gasteiger partial charge in [0.2, 0.25) is 0 Å². The number of nitrogens with one attached hydrogen (secondary N) is 1. The average Bonchev–Trinajstić information content (AvgIpc) is 2.63. The van der Waals surface area contributed by atoms with Gasteiger partial charge in [0.1, 0.15) is 12.4 Å². The number of ether oxygens (including phenoxy) is 2. The number of piperidine rings is 1. The highest BCUT2D eigenvalue weighted by Crippen LogP contribution is 2.23. The predicted octanol–water partition coefficient (Wildman–Crippen LogP) is 2.53. The first-order valence-corrected chi connectivity index (χ1v) is 9.18. The average molecular weight is 348 g/mol. The Labute approximate surface area is 151 Å². The predicted molar refractivity (Wildman–Crippen MR) is 103 cm³/mol. The third-order valence-electron chi connectivity index (χ3n) is 4.50. The quantitative estimate of drug-likeness (QED) is 0.429. The molecule has 1 aliphatic heterocycles. The summed E-state index contributed by atoms with van der Waals surface area (Å²) in [5.74, 6) is 2.03. The molecule has 0 bridgehead atoms. The van der Waals surface area contributed by atoms with E-state index in [-0.39, 0.29) is 0 Å². The third kappa shape index (κ3) is 5.90.